The largest absolute Gasteiger partial charge is 0.393 e. The van der Waals surface area contributed by atoms with E-state index >= 15 is 0 Å². The lowest BCUT2D eigenvalue weighted by Gasteiger charge is -2.09. The lowest BCUT2D eigenvalue weighted by Crippen LogP contribution is -2.09. The fraction of sp³-hybridized carbons (Fsp3) is 0.538. The molecular formula is C13H16BrFO. The fourth-order valence-corrected chi connectivity index (χ4v) is 2.49. The van der Waals surface area contributed by atoms with Gasteiger partial charge >= 0.3 is 0 Å². The predicted octanol–water partition coefficient (Wildman–Crippen LogP) is 3.68. The summed E-state index contributed by atoms with van der Waals surface area (Å²) in [5, 5.41) is 9.71. The van der Waals surface area contributed by atoms with Crippen molar-refractivity contribution < 1.29 is 9.50 Å². The van der Waals surface area contributed by atoms with E-state index in [4.69, 9.17) is 0 Å². The summed E-state index contributed by atoms with van der Waals surface area (Å²) in [5.74, 6) is 0.338. The van der Waals surface area contributed by atoms with Gasteiger partial charge in [-0.3, -0.25) is 0 Å². The van der Waals surface area contributed by atoms with E-state index in [0.717, 1.165) is 29.3 Å². The summed E-state index contributed by atoms with van der Waals surface area (Å²) in [6, 6.07) is 4.78. The van der Waals surface area contributed by atoms with E-state index in [1.807, 2.05) is 6.07 Å². The zero-order valence-corrected chi connectivity index (χ0v) is 10.7. The van der Waals surface area contributed by atoms with Crippen LogP contribution in [0.15, 0.2) is 22.7 Å². The molecule has 3 heteroatoms. The highest BCUT2D eigenvalue weighted by atomic mass is 79.9. The summed E-state index contributed by atoms with van der Waals surface area (Å²) in [5.41, 5.74) is 1.12. The molecule has 1 nitrogen and oxygen atoms in total. The third-order valence-electron chi connectivity index (χ3n) is 3.13. The third-order valence-corrected chi connectivity index (χ3v) is 3.87. The number of aliphatic hydroxyl groups excluding tert-OH is 1. The maximum Gasteiger partial charge on any atom is 0.124 e. The number of hydrogen-bond acceptors (Lipinski definition) is 1. The molecule has 0 aromatic heterocycles. The Labute approximate surface area is 104 Å². The lowest BCUT2D eigenvalue weighted by molar-refractivity contribution is 0.139. The highest BCUT2D eigenvalue weighted by Crippen LogP contribution is 2.34. The molecule has 0 saturated heterocycles. The Balaban J connectivity index is 1.80. The van der Waals surface area contributed by atoms with Gasteiger partial charge in [0.25, 0.3) is 0 Å². The zero-order chi connectivity index (χ0) is 11.5. The van der Waals surface area contributed by atoms with Gasteiger partial charge in [-0.05, 0) is 55.7 Å². The summed E-state index contributed by atoms with van der Waals surface area (Å²) < 4.78 is 13.7. The first-order valence-electron chi connectivity index (χ1n) is 5.79. The van der Waals surface area contributed by atoms with Crippen molar-refractivity contribution in [2.75, 3.05) is 0 Å². The highest BCUT2D eigenvalue weighted by molar-refractivity contribution is 9.10. The summed E-state index contributed by atoms with van der Waals surface area (Å²) in [6.07, 6.45) is 4.95. The Bertz CT molecular complexity index is 363. The Hall–Kier alpha value is -0.410. The number of aryl methyl sites for hydroxylation is 1. The summed E-state index contributed by atoms with van der Waals surface area (Å²) >= 11 is 3.35. The molecule has 1 aromatic carbocycles. The molecule has 1 fully saturated rings. The topological polar surface area (TPSA) is 20.2 Å². The molecule has 1 saturated carbocycles. The van der Waals surface area contributed by atoms with Crippen molar-refractivity contribution in [3.05, 3.63) is 34.1 Å². The van der Waals surface area contributed by atoms with Gasteiger partial charge in [-0.1, -0.05) is 22.0 Å². The van der Waals surface area contributed by atoms with E-state index in [-0.39, 0.29) is 11.9 Å². The summed E-state index contributed by atoms with van der Waals surface area (Å²) in [6.45, 7) is 0. The van der Waals surface area contributed by atoms with Gasteiger partial charge in [0.05, 0.1) is 6.10 Å². The van der Waals surface area contributed by atoms with Gasteiger partial charge < -0.3 is 5.11 Å². The molecule has 1 atom stereocenters. The molecule has 0 bridgehead atoms. The van der Waals surface area contributed by atoms with Gasteiger partial charge in [0, 0.05) is 4.47 Å². The average Bonchev–Trinajstić information content (AvgIpc) is 3.04. The Morgan fingerprint density at radius 1 is 1.44 bits per heavy atom. The smallest absolute Gasteiger partial charge is 0.124 e. The van der Waals surface area contributed by atoms with Gasteiger partial charge in [0.1, 0.15) is 5.82 Å². The van der Waals surface area contributed by atoms with Crippen LogP contribution in [0.1, 0.15) is 31.2 Å². The van der Waals surface area contributed by atoms with E-state index in [0.29, 0.717) is 5.92 Å². The van der Waals surface area contributed by atoms with E-state index in [1.54, 1.807) is 0 Å². The van der Waals surface area contributed by atoms with Crippen molar-refractivity contribution in [2.24, 2.45) is 5.92 Å². The molecule has 0 spiro atoms. The number of hydrogen-bond donors (Lipinski definition) is 1. The van der Waals surface area contributed by atoms with Gasteiger partial charge in [-0.25, -0.2) is 4.39 Å². The highest BCUT2D eigenvalue weighted by Gasteiger charge is 2.28. The molecule has 2 rings (SSSR count). The van der Waals surface area contributed by atoms with Crippen molar-refractivity contribution in [2.45, 2.75) is 38.2 Å². The van der Waals surface area contributed by atoms with Gasteiger partial charge in [-0.15, -0.1) is 0 Å². The molecule has 0 aliphatic heterocycles. The zero-order valence-electron chi connectivity index (χ0n) is 9.13. The van der Waals surface area contributed by atoms with Crippen LogP contribution in [0.3, 0.4) is 0 Å². The van der Waals surface area contributed by atoms with E-state index in [2.05, 4.69) is 15.9 Å². The van der Waals surface area contributed by atoms with Gasteiger partial charge in [-0.2, -0.15) is 0 Å². The first-order chi connectivity index (χ1) is 7.66. The molecular weight excluding hydrogens is 271 g/mol. The first kappa shape index (κ1) is 12.1. The van der Waals surface area contributed by atoms with E-state index < -0.39 is 0 Å². The molecule has 1 N–H and O–H groups in total. The van der Waals surface area contributed by atoms with E-state index in [1.165, 1.54) is 25.0 Å². The van der Waals surface area contributed by atoms with Crippen LogP contribution in [0.4, 0.5) is 4.39 Å². The fourth-order valence-electron chi connectivity index (χ4n) is 1.94. The Kier molecular flexibility index (Phi) is 3.98. The second kappa shape index (κ2) is 5.28. The molecule has 1 aromatic rings. The van der Waals surface area contributed by atoms with Crippen molar-refractivity contribution in [1.82, 2.24) is 0 Å². The van der Waals surface area contributed by atoms with E-state index in [9.17, 15) is 9.50 Å². The number of benzene rings is 1. The molecule has 0 radical (unpaired) electrons. The van der Waals surface area contributed by atoms with Crippen LogP contribution in [0.25, 0.3) is 0 Å². The van der Waals surface area contributed by atoms with Crippen LogP contribution in [0, 0.1) is 11.7 Å². The Morgan fingerprint density at radius 3 is 2.81 bits per heavy atom. The molecule has 1 unspecified atom stereocenters. The molecule has 0 amide bonds. The van der Waals surface area contributed by atoms with Crippen LogP contribution in [-0.4, -0.2) is 11.2 Å². The molecule has 0 heterocycles. The monoisotopic (exact) mass is 286 g/mol. The summed E-state index contributed by atoms with van der Waals surface area (Å²) in [7, 11) is 0. The second-order valence-corrected chi connectivity index (χ2v) is 5.39. The quantitative estimate of drug-likeness (QED) is 0.875. The second-order valence-electron chi connectivity index (χ2n) is 4.53. The standard InChI is InChI=1S/C13H16BrFO/c14-12-8-11(15)7-6-9(12)2-1-3-13(16)10-4-5-10/h6-8,10,13,16H,1-5H2. The van der Waals surface area contributed by atoms with Gasteiger partial charge in [0.15, 0.2) is 0 Å². The maximum atomic E-state index is 12.8. The van der Waals surface area contributed by atoms with Crippen LogP contribution in [0.5, 0.6) is 0 Å². The van der Waals surface area contributed by atoms with Crippen LogP contribution in [-0.2, 0) is 6.42 Å². The van der Waals surface area contributed by atoms with Crippen molar-refractivity contribution in [3.63, 3.8) is 0 Å². The number of rotatable bonds is 5. The Morgan fingerprint density at radius 2 is 2.19 bits per heavy atom. The maximum absolute atomic E-state index is 12.8. The number of aliphatic hydroxyl groups is 1. The number of halogens is 2. The molecule has 88 valence electrons. The average molecular weight is 287 g/mol. The summed E-state index contributed by atoms with van der Waals surface area (Å²) in [4.78, 5) is 0. The minimum atomic E-state index is -0.214. The molecule has 1 aliphatic carbocycles. The van der Waals surface area contributed by atoms with Crippen LogP contribution in [0.2, 0.25) is 0 Å². The molecule has 16 heavy (non-hydrogen) atoms. The first-order valence-corrected chi connectivity index (χ1v) is 6.58. The minimum Gasteiger partial charge on any atom is -0.393 e. The third kappa shape index (κ3) is 3.29. The van der Waals surface area contributed by atoms with Crippen LogP contribution < -0.4 is 0 Å². The van der Waals surface area contributed by atoms with Crippen molar-refractivity contribution in [1.29, 1.82) is 0 Å². The minimum absolute atomic E-state index is 0.126. The molecule has 1 aliphatic rings. The van der Waals surface area contributed by atoms with Crippen molar-refractivity contribution >= 4 is 15.9 Å². The SMILES string of the molecule is OC(CCCc1ccc(F)cc1Br)C1CC1. The van der Waals surface area contributed by atoms with Crippen LogP contribution >= 0.6 is 15.9 Å². The predicted molar refractivity (Wildman–Crippen MR) is 65.8 cm³/mol. The van der Waals surface area contributed by atoms with Gasteiger partial charge in [0.2, 0.25) is 0 Å². The normalized spacial score (nSPS) is 17.4. The van der Waals surface area contributed by atoms with Crippen molar-refractivity contribution in [3.8, 4) is 0 Å². The lowest BCUT2D eigenvalue weighted by atomic mass is 10.0.